The third-order valence-electron chi connectivity index (χ3n) is 2.41. The quantitative estimate of drug-likeness (QED) is 0.278. The lowest BCUT2D eigenvalue weighted by atomic mass is 9.99. The van der Waals surface area contributed by atoms with Gasteiger partial charge in [-0.05, 0) is 6.42 Å². The van der Waals surface area contributed by atoms with Crippen LogP contribution in [-0.4, -0.2) is 68.8 Å². The molecule has 16 heavy (non-hydrogen) atoms. The van der Waals surface area contributed by atoms with Crippen LogP contribution in [0.2, 0.25) is 0 Å². The molecule has 0 aliphatic carbocycles. The van der Waals surface area contributed by atoms with E-state index in [0.29, 0.717) is 6.61 Å². The zero-order valence-electron chi connectivity index (χ0n) is 8.70. The standard InChI is InChI=1S/C9H17IO6/c10-2-1-3-15-9-8(14)7(13)6(12)5(4-11)16-9/h5-9,11-14H,1-4H2/t5-,6-,7+,8+,9-/m1/s1. The molecule has 0 radical (unpaired) electrons. The van der Waals surface area contributed by atoms with E-state index in [1.807, 2.05) is 0 Å². The fourth-order valence-electron chi connectivity index (χ4n) is 1.46. The molecular formula is C9H17IO6. The van der Waals surface area contributed by atoms with Gasteiger partial charge in [0.15, 0.2) is 6.29 Å². The van der Waals surface area contributed by atoms with E-state index in [2.05, 4.69) is 22.6 Å². The first-order valence-electron chi connectivity index (χ1n) is 5.10. The Hall–Kier alpha value is 0.490. The van der Waals surface area contributed by atoms with Crippen LogP contribution in [0.15, 0.2) is 0 Å². The molecule has 96 valence electrons. The van der Waals surface area contributed by atoms with E-state index < -0.39 is 37.3 Å². The Morgan fingerprint density at radius 2 is 1.81 bits per heavy atom. The van der Waals surface area contributed by atoms with Crippen molar-refractivity contribution in [2.24, 2.45) is 0 Å². The number of alkyl halides is 1. The number of hydrogen-bond acceptors (Lipinski definition) is 6. The summed E-state index contributed by atoms with van der Waals surface area (Å²) in [4.78, 5) is 0. The van der Waals surface area contributed by atoms with Crippen molar-refractivity contribution in [2.75, 3.05) is 17.6 Å². The van der Waals surface area contributed by atoms with Gasteiger partial charge < -0.3 is 29.9 Å². The Labute approximate surface area is 107 Å². The highest BCUT2D eigenvalue weighted by atomic mass is 127. The van der Waals surface area contributed by atoms with Gasteiger partial charge in [0.1, 0.15) is 24.4 Å². The lowest BCUT2D eigenvalue weighted by Crippen LogP contribution is -2.59. The van der Waals surface area contributed by atoms with Gasteiger partial charge in [-0.25, -0.2) is 0 Å². The van der Waals surface area contributed by atoms with Gasteiger partial charge in [0.05, 0.1) is 13.2 Å². The van der Waals surface area contributed by atoms with Crippen molar-refractivity contribution < 1.29 is 29.9 Å². The summed E-state index contributed by atoms with van der Waals surface area (Å²) < 4.78 is 11.3. The van der Waals surface area contributed by atoms with Crippen LogP contribution in [0, 0.1) is 0 Å². The zero-order chi connectivity index (χ0) is 12.1. The Bertz CT molecular complexity index is 202. The molecule has 0 saturated carbocycles. The summed E-state index contributed by atoms with van der Waals surface area (Å²) in [5.74, 6) is 0. The van der Waals surface area contributed by atoms with Gasteiger partial charge in [-0.15, -0.1) is 0 Å². The van der Waals surface area contributed by atoms with Crippen molar-refractivity contribution in [1.29, 1.82) is 0 Å². The Morgan fingerprint density at radius 3 is 2.38 bits per heavy atom. The predicted octanol–water partition coefficient (Wildman–Crippen LogP) is -1.37. The number of ether oxygens (including phenoxy) is 2. The van der Waals surface area contributed by atoms with Crippen LogP contribution in [0.25, 0.3) is 0 Å². The van der Waals surface area contributed by atoms with Crippen LogP contribution in [-0.2, 0) is 9.47 Å². The van der Waals surface area contributed by atoms with E-state index in [0.717, 1.165) is 10.8 Å². The molecule has 0 spiro atoms. The van der Waals surface area contributed by atoms with Crippen molar-refractivity contribution in [2.45, 2.75) is 37.1 Å². The number of aliphatic hydroxyl groups excluding tert-OH is 4. The largest absolute Gasteiger partial charge is 0.394 e. The van der Waals surface area contributed by atoms with Crippen LogP contribution in [0.3, 0.4) is 0 Å². The van der Waals surface area contributed by atoms with Gasteiger partial charge in [0.2, 0.25) is 0 Å². The molecule has 0 aromatic carbocycles. The average molecular weight is 348 g/mol. The van der Waals surface area contributed by atoms with Crippen molar-refractivity contribution in [1.82, 2.24) is 0 Å². The first-order valence-corrected chi connectivity index (χ1v) is 6.62. The molecule has 5 atom stereocenters. The van der Waals surface area contributed by atoms with E-state index in [4.69, 9.17) is 14.6 Å². The molecule has 1 saturated heterocycles. The number of aliphatic hydroxyl groups is 4. The van der Waals surface area contributed by atoms with Gasteiger partial charge in [0.25, 0.3) is 0 Å². The number of halogens is 1. The van der Waals surface area contributed by atoms with Crippen molar-refractivity contribution >= 4 is 22.6 Å². The second-order valence-electron chi connectivity index (χ2n) is 3.61. The van der Waals surface area contributed by atoms with E-state index in [9.17, 15) is 15.3 Å². The fourth-order valence-corrected chi connectivity index (χ4v) is 1.77. The maximum absolute atomic E-state index is 9.58. The lowest BCUT2D eigenvalue weighted by molar-refractivity contribution is -0.300. The topological polar surface area (TPSA) is 99.4 Å². The molecule has 0 amide bonds. The first-order chi connectivity index (χ1) is 7.61. The molecule has 1 rings (SSSR count). The molecule has 0 aromatic heterocycles. The van der Waals surface area contributed by atoms with Gasteiger partial charge in [-0.1, -0.05) is 22.6 Å². The second-order valence-corrected chi connectivity index (χ2v) is 4.69. The van der Waals surface area contributed by atoms with E-state index in [1.54, 1.807) is 0 Å². The Kier molecular flexibility index (Phi) is 6.40. The summed E-state index contributed by atoms with van der Waals surface area (Å²) in [6.45, 7) is -0.0390. The molecule has 1 fully saturated rings. The van der Waals surface area contributed by atoms with Gasteiger partial charge >= 0.3 is 0 Å². The third-order valence-corrected chi connectivity index (χ3v) is 3.17. The monoisotopic (exact) mass is 348 g/mol. The predicted molar refractivity (Wildman–Crippen MR) is 63.2 cm³/mol. The van der Waals surface area contributed by atoms with Crippen LogP contribution in [0.4, 0.5) is 0 Å². The molecule has 4 N–H and O–H groups in total. The fraction of sp³-hybridized carbons (Fsp3) is 1.00. The minimum absolute atomic E-state index is 0.394. The zero-order valence-corrected chi connectivity index (χ0v) is 10.9. The molecular weight excluding hydrogens is 331 g/mol. The molecule has 1 heterocycles. The molecule has 0 bridgehead atoms. The van der Waals surface area contributed by atoms with Crippen molar-refractivity contribution in [3.05, 3.63) is 0 Å². The highest BCUT2D eigenvalue weighted by molar-refractivity contribution is 14.1. The molecule has 0 unspecified atom stereocenters. The lowest BCUT2D eigenvalue weighted by Gasteiger charge is -2.39. The summed E-state index contributed by atoms with van der Waals surface area (Å²) in [5, 5.41) is 37.4. The minimum Gasteiger partial charge on any atom is -0.394 e. The summed E-state index contributed by atoms with van der Waals surface area (Å²) in [7, 11) is 0. The van der Waals surface area contributed by atoms with Crippen LogP contribution in [0.5, 0.6) is 0 Å². The van der Waals surface area contributed by atoms with E-state index in [1.165, 1.54) is 0 Å². The average Bonchev–Trinajstić information content (AvgIpc) is 2.29. The molecule has 1 aliphatic heterocycles. The third kappa shape index (κ3) is 3.49. The van der Waals surface area contributed by atoms with Crippen LogP contribution >= 0.6 is 22.6 Å². The van der Waals surface area contributed by atoms with E-state index in [-0.39, 0.29) is 0 Å². The van der Waals surface area contributed by atoms with Crippen molar-refractivity contribution in [3.8, 4) is 0 Å². The summed E-state index contributed by atoms with van der Waals surface area (Å²) in [5.41, 5.74) is 0. The highest BCUT2D eigenvalue weighted by Gasteiger charge is 2.43. The van der Waals surface area contributed by atoms with Gasteiger partial charge in [-0.3, -0.25) is 0 Å². The van der Waals surface area contributed by atoms with E-state index >= 15 is 0 Å². The summed E-state index contributed by atoms with van der Waals surface area (Å²) in [6.07, 6.45) is -5.09. The maximum atomic E-state index is 9.58. The van der Waals surface area contributed by atoms with Gasteiger partial charge in [-0.2, -0.15) is 0 Å². The van der Waals surface area contributed by atoms with Crippen LogP contribution < -0.4 is 0 Å². The summed E-state index contributed by atoms with van der Waals surface area (Å²) >= 11 is 2.19. The van der Waals surface area contributed by atoms with Gasteiger partial charge in [0, 0.05) is 4.43 Å². The highest BCUT2D eigenvalue weighted by Crippen LogP contribution is 2.21. The molecule has 6 nitrogen and oxygen atoms in total. The number of hydrogen-bond donors (Lipinski definition) is 4. The normalized spacial score (nSPS) is 39.9. The van der Waals surface area contributed by atoms with Crippen molar-refractivity contribution in [3.63, 3.8) is 0 Å². The molecule has 0 aromatic rings. The Balaban J connectivity index is 2.50. The minimum atomic E-state index is -1.37. The second kappa shape index (κ2) is 7.04. The summed E-state index contributed by atoms with van der Waals surface area (Å²) in [6, 6.07) is 0. The number of rotatable bonds is 5. The molecule has 7 heteroatoms. The Morgan fingerprint density at radius 1 is 1.12 bits per heavy atom. The van der Waals surface area contributed by atoms with Crippen LogP contribution in [0.1, 0.15) is 6.42 Å². The smallest absolute Gasteiger partial charge is 0.186 e. The molecule has 1 aliphatic rings. The maximum Gasteiger partial charge on any atom is 0.186 e. The first kappa shape index (κ1) is 14.6. The SMILES string of the molecule is OC[C@H]1O[C@@H](OCCCI)[C@@H](O)[C@@H](O)[C@@H]1O.